The number of hydrogen-bond acceptors (Lipinski definition) is 13. The van der Waals surface area contributed by atoms with Crippen LogP contribution in [0.25, 0.3) is 12.2 Å². The zero-order valence-corrected chi connectivity index (χ0v) is 37.4. The molecule has 0 unspecified atom stereocenters. The summed E-state index contributed by atoms with van der Waals surface area (Å²) in [6, 6.07) is 25.7. The lowest BCUT2D eigenvalue weighted by atomic mass is 10.0. The van der Waals surface area contributed by atoms with Gasteiger partial charge >= 0.3 is 11.9 Å². The van der Waals surface area contributed by atoms with Crippen molar-refractivity contribution in [2.45, 2.75) is 38.6 Å². The third-order valence-corrected chi connectivity index (χ3v) is 11.8. The first-order valence-electron chi connectivity index (χ1n) is 21.9. The van der Waals surface area contributed by atoms with Crippen molar-refractivity contribution in [2.75, 3.05) is 95.4 Å². The fraction of sp³-hybridized carbons (Fsp3) is 0.417. The number of aromatic nitrogens is 2. The number of amides is 2. The Labute approximate surface area is 383 Å². The second kappa shape index (κ2) is 26.4. The summed E-state index contributed by atoms with van der Waals surface area (Å²) in [5.41, 5.74) is 5.07. The summed E-state index contributed by atoms with van der Waals surface area (Å²) in [7, 11) is 0. The van der Waals surface area contributed by atoms with Crippen LogP contribution in [0.1, 0.15) is 61.9 Å². The van der Waals surface area contributed by atoms with Crippen LogP contribution in [-0.2, 0) is 48.2 Å². The van der Waals surface area contributed by atoms with Crippen LogP contribution in [0.15, 0.2) is 84.9 Å². The SMILES string of the molecule is O=C(CCC(=O)N1Cc2ccccc2/C=C\c2ccccc21)NCCSC[C@@H]1COCCN(Cc2cccc(C(=O)O)n2)CCOCCOCCN(Cc2cccc(C(=O)O)n2)CCO1. The molecule has 17 heteroatoms. The van der Waals surface area contributed by atoms with Gasteiger partial charge in [0.1, 0.15) is 11.4 Å². The molecule has 4 aromatic rings. The van der Waals surface area contributed by atoms with Crippen molar-refractivity contribution >= 4 is 53.4 Å². The lowest BCUT2D eigenvalue weighted by molar-refractivity contribution is -0.125. The van der Waals surface area contributed by atoms with Crippen LogP contribution in [0.4, 0.5) is 5.69 Å². The second-order valence-corrected chi connectivity index (χ2v) is 16.6. The molecule has 3 N–H and O–H groups in total. The zero-order valence-electron chi connectivity index (χ0n) is 36.6. The van der Waals surface area contributed by atoms with Crippen LogP contribution in [-0.4, -0.2) is 150 Å². The lowest BCUT2D eigenvalue weighted by Gasteiger charge is -2.27. The number of carbonyl (C=O) groups is 4. The molecule has 346 valence electrons. The highest BCUT2D eigenvalue weighted by Gasteiger charge is 2.22. The summed E-state index contributed by atoms with van der Waals surface area (Å²) in [6.45, 7) is 6.51. The summed E-state index contributed by atoms with van der Waals surface area (Å²) in [6.07, 6.45) is 3.95. The highest BCUT2D eigenvalue weighted by molar-refractivity contribution is 7.99. The molecular formula is C48H58N6O10S. The van der Waals surface area contributed by atoms with Crippen LogP contribution >= 0.6 is 11.8 Å². The first-order valence-corrected chi connectivity index (χ1v) is 23.0. The summed E-state index contributed by atoms with van der Waals surface area (Å²) in [5, 5.41) is 21.9. The number of carboxylic acids is 2. The van der Waals surface area contributed by atoms with Crippen LogP contribution in [0.5, 0.6) is 0 Å². The minimum absolute atomic E-state index is 0.0147. The first-order chi connectivity index (χ1) is 31.7. The van der Waals surface area contributed by atoms with Gasteiger partial charge in [-0.05, 0) is 47.0 Å². The summed E-state index contributed by atoms with van der Waals surface area (Å²) >= 11 is 1.62. The number of para-hydroxylation sites is 1. The minimum atomic E-state index is -1.09. The van der Waals surface area contributed by atoms with Gasteiger partial charge in [0.15, 0.2) is 0 Å². The van der Waals surface area contributed by atoms with E-state index in [1.54, 1.807) is 40.9 Å². The molecule has 4 heterocycles. The molecule has 0 radical (unpaired) electrons. The van der Waals surface area contributed by atoms with Crippen LogP contribution in [0.3, 0.4) is 0 Å². The molecule has 0 spiro atoms. The van der Waals surface area contributed by atoms with Gasteiger partial charge in [0, 0.05) is 70.2 Å². The molecule has 0 saturated carbocycles. The maximum Gasteiger partial charge on any atom is 0.354 e. The number of hydrogen-bond donors (Lipinski definition) is 3. The lowest BCUT2D eigenvalue weighted by Crippen LogP contribution is -2.35. The number of nitrogens with zero attached hydrogens (tertiary/aromatic N) is 5. The van der Waals surface area contributed by atoms with E-state index in [0.717, 1.165) is 22.4 Å². The molecule has 65 heavy (non-hydrogen) atoms. The number of rotatable bonds is 14. The molecule has 2 amide bonds. The van der Waals surface area contributed by atoms with Gasteiger partial charge in [-0.15, -0.1) is 0 Å². The van der Waals surface area contributed by atoms with Crippen LogP contribution in [0.2, 0.25) is 0 Å². The second-order valence-electron chi connectivity index (χ2n) is 15.5. The minimum Gasteiger partial charge on any atom is -0.477 e. The summed E-state index contributed by atoms with van der Waals surface area (Å²) < 4.78 is 24.4. The maximum atomic E-state index is 13.6. The maximum absolute atomic E-state index is 13.6. The van der Waals surface area contributed by atoms with E-state index in [-0.39, 0.29) is 42.1 Å². The van der Waals surface area contributed by atoms with Gasteiger partial charge in [0.2, 0.25) is 11.8 Å². The molecular weight excluding hydrogens is 853 g/mol. The molecule has 0 aliphatic carbocycles. The molecule has 1 saturated heterocycles. The Balaban J connectivity index is 1.01. The third kappa shape index (κ3) is 16.4. The van der Waals surface area contributed by atoms with Crippen molar-refractivity contribution in [3.8, 4) is 0 Å². The van der Waals surface area contributed by atoms with Gasteiger partial charge < -0.3 is 39.4 Å². The number of anilines is 1. The van der Waals surface area contributed by atoms with Gasteiger partial charge in [0.05, 0.1) is 76.0 Å². The van der Waals surface area contributed by atoms with E-state index in [9.17, 15) is 29.4 Å². The number of ether oxygens (including phenoxy) is 4. The normalized spacial score (nSPS) is 17.8. The van der Waals surface area contributed by atoms with E-state index in [1.807, 2.05) is 54.6 Å². The van der Waals surface area contributed by atoms with Gasteiger partial charge in [-0.25, -0.2) is 19.6 Å². The topological polar surface area (TPSA) is 193 Å². The standard InChI is InChI=1S/C48H58N6O10S/c55-45(17-18-46(56)54-31-38-9-2-1-7-36(38)15-16-37-8-3-4-14-44(37)54)49-19-30-65-35-41-34-63-26-22-52(32-39-10-5-12-42(50-39)47(57)58)20-24-61-28-29-62-25-21-53(23-27-64-41)33-40-11-6-13-43(51-40)48(59)60/h1-16,41H,17-35H2,(H,49,55)(H,57,58)(H,59,60)/b16-15-/t41-/m0/s1. The third-order valence-electron chi connectivity index (χ3n) is 10.7. The molecule has 1 atom stereocenters. The Morgan fingerprint density at radius 1 is 0.662 bits per heavy atom. The van der Waals surface area contributed by atoms with Crippen LogP contribution < -0.4 is 10.2 Å². The van der Waals surface area contributed by atoms with Crippen molar-refractivity contribution in [3.63, 3.8) is 0 Å². The average molecular weight is 911 g/mol. The Bertz CT molecular complexity index is 2210. The number of thioether (sulfide) groups is 1. The molecule has 2 aliphatic rings. The molecule has 1 fully saturated rings. The first kappa shape index (κ1) is 48.9. The Kier molecular flexibility index (Phi) is 19.9. The fourth-order valence-electron chi connectivity index (χ4n) is 7.28. The van der Waals surface area contributed by atoms with E-state index in [4.69, 9.17) is 18.9 Å². The molecule has 6 rings (SSSR count). The molecule has 2 aliphatic heterocycles. The van der Waals surface area contributed by atoms with Gasteiger partial charge in [-0.2, -0.15) is 11.8 Å². The van der Waals surface area contributed by atoms with E-state index >= 15 is 0 Å². The highest BCUT2D eigenvalue weighted by Crippen LogP contribution is 2.29. The smallest absolute Gasteiger partial charge is 0.354 e. The van der Waals surface area contributed by atoms with Crippen LogP contribution in [0, 0.1) is 0 Å². The number of nitrogens with one attached hydrogen (secondary N) is 1. The van der Waals surface area contributed by atoms with E-state index < -0.39 is 11.9 Å². The van der Waals surface area contributed by atoms with E-state index in [1.165, 1.54) is 12.1 Å². The van der Waals surface area contributed by atoms with Crippen molar-refractivity contribution in [1.29, 1.82) is 0 Å². The molecule has 2 aromatic carbocycles. The van der Waals surface area contributed by atoms with Gasteiger partial charge in [-0.1, -0.05) is 66.7 Å². The molecule has 0 bridgehead atoms. The van der Waals surface area contributed by atoms with Gasteiger partial charge in [0.25, 0.3) is 0 Å². The van der Waals surface area contributed by atoms with Crippen molar-refractivity contribution < 1.29 is 48.3 Å². The zero-order chi connectivity index (χ0) is 45.6. The largest absolute Gasteiger partial charge is 0.477 e. The number of fused-ring (bicyclic) bond motifs is 2. The highest BCUT2D eigenvalue weighted by atomic mass is 32.2. The van der Waals surface area contributed by atoms with E-state index in [0.29, 0.717) is 121 Å². The average Bonchev–Trinajstić information content (AvgIpc) is 3.30. The van der Waals surface area contributed by atoms with Gasteiger partial charge in [-0.3, -0.25) is 19.4 Å². The monoisotopic (exact) mass is 910 g/mol. The van der Waals surface area contributed by atoms with Crippen molar-refractivity contribution in [3.05, 3.63) is 124 Å². The predicted octanol–water partition coefficient (Wildman–Crippen LogP) is 4.97. The summed E-state index contributed by atoms with van der Waals surface area (Å²) in [4.78, 5) is 64.3. The number of pyridine rings is 2. The van der Waals surface area contributed by atoms with E-state index in [2.05, 4.69) is 31.2 Å². The number of carbonyl (C=O) groups excluding carboxylic acids is 2. The molecule has 2 aromatic heterocycles. The fourth-order valence-corrected chi connectivity index (χ4v) is 8.14. The Hall–Kier alpha value is -5.53. The number of aromatic carboxylic acids is 2. The Morgan fingerprint density at radius 3 is 1.91 bits per heavy atom. The van der Waals surface area contributed by atoms with Crippen molar-refractivity contribution in [2.24, 2.45) is 0 Å². The summed E-state index contributed by atoms with van der Waals surface area (Å²) in [5.74, 6) is -1.27. The quantitative estimate of drug-likeness (QED) is 0.144. The molecule has 16 nitrogen and oxygen atoms in total. The number of benzene rings is 2. The predicted molar refractivity (Wildman–Crippen MR) is 248 cm³/mol. The van der Waals surface area contributed by atoms with Crippen molar-refractivity contribution in [1.82, 2.24) is 25.1 Å². The number of carboxylic acid groups (broad SMARTS) is 2. The Morgan fingerprint density at radius 2 is 1.25 bits per heavy atom.